The van der Waals surface area contributed by atoms with Gasteiger partial charge in [0.1, 0.15) is 10.8 Å². The van der Waals surface area contributed by atoms with Crippen molar-refractivity contribution < 1.29 is 14.0 Å². The summed E-state index contributed by atoms with van der Waals surface area (Å²) in [6.07, 6.45) is 0.670. The molecule has 0 unspecified atom stereocenters. The van der Waals surface area contributed by atoms with E-state index in [9.17, 15) is 14.0 Å². The summed E-state index contributed by atoms with van der Waals surface area (Å²) in [6, 6.07) is 5.32. The van der Waals surface area contributed by atoms with Crippen LogP contribution in [0.3, 0.4) is 0 Å². The molecule has 0 aliphatic heterocycles. The van der Waals surface area contributed by atoms with E-state index in [-0.39, 0.29) is 18.0 Å². The Labute approximate surface area is 144 Å². The number of halogens is 1. The number of hydrogen-bond donors (Lipinski definition) is 2. The predicted octanol–water partition coefficient (Wildman–Crippen LogP) is 2.76. The molecule has 128 valence electrons. The van der Waals surface area contributed by atoms with Gasteiger partial charge >= 0.3 is 0 Å². The standard InChI is InChI=1S/C17H20FN3O2S/c1-4-17(3,16-20-11(2)10-24-16)21-14(22)9-19-15(23)12-6-5-7-13(18)8-12/h5-8,10H,4,9H2,1-3H3,(H,19,23)(H,21,22)/t17-/m1/s1. The van der Waals surface area contributed by atoms with Crippen LogP contribution in [0.25, 0.3) is 0 Å². The van der Waals surface area contributed by atoms with Crippen LogP contribution < -0.4 is 10.6 Å². The van der Waals surface area contributed by atoms with Gasteiger partial charge in [-0.15, -0.1) is 11.3 Å². The number of benzene rings is 1. The summed E-state index contributed by atoms with van der Waals surface area (Å²) in [5, 5.41) is 8.16. The Kier molecular flexibility index (Phi) is 5.66. The Morgan fingerprint density at radius 1 is 1.38 bits per heavy atom. The number of thiazole rings is 1. The molecule has 2 rings (SSSR count). The van der Waals surface area contributed by atoms with Crippen molar-refractivity contribution in [3.05, 3.63) is 51.7 Å². The fourth-order valence-electron chi connectivity index (χ4n) is 2.14. The summed E-state index contributed by atoms with van der Waals surface area (Å²) in [4.78, 5) is 28.6. The number of carbonyl (C=O) groups is 2. The van der Waals surface area contributed by atoms with Crippen LogP contribution in [0.1, 0.15) is 41.3 Å². The Hall–Kier alpha value is -2.28. The number of nitrogens with one attached hydrogen (secondary N) is 2. The second kappa shape index (κ2) is 7.53. The van der Waals surface area contributed by atoms with Crippen LogP contribution in [0.4, 0.5) is 4.39 Å². The van der Waals surface area contributed by atoms with Gasteiger partial charge in [0.25, 0.3) is 5.91 Å². The first kappa shape index (κ1) is 18.1. The van der Waals surface area contributed by atoms with Gasteiger partial charge in [0.15, 0.2) is 0 Å². The van der Waals surface area contributed by atoms with E-state index in [1.165, 1.54) is 29.5 Å². The molecular weight excluding hydrogens is 329 g/mol. The molecule has 2 aromatic rings. The average molecular weight is 349 g/mol. The van der Waals surface area contributed by atoms with Crippen LogP contribution in [0.2, 0.25) is 0 Å². The normalized spacial score (nSPS) is 13.2. The van der Waals surface area contributed by atoms with Gasteiger partial charge in [-0.3, -0.25) is 9.59 Å². The second-order valence-electron chi connectivity index (χ2n) is 5.72. The summed E-state index contributed by atoms with van der Waals surface area (Å²) < 4.78 is 13.1. The number of carbonyl (C=O) groups excluding carboxylic acids is 2. The second-order valence-corrected chi connectivity index (χ2v) is 6.58. The summed E-state index contributed by atoms with van der Waals surface area (Å²) in [5.41, 5.74) is 0.500. The van der Waals surface area contributed by atoms with E-state index >= 15 is 0 Å². The lowest BCUT2D eigenvalue weighted by Gasteiger charge is -2.27. The number of hydrogen-bond acceptors (Lipinski definition) is 4. The molecule has 24 heavy (non-hydrogen) atoms. The monoisotopic (exact) mass is 349 g/mol. The van der Waals surface area contributed by atoms with Crippen molar-refractivity contribution >= 4 is 23.2 Å². The van der Waals surface area contributed by atoms with Crippen molar-refractivity contribution in [3.8, 4) is 0 Å². The van der Waals surface area contributed by atoms with Gasteiger partial charge in [-0.25, -0.2) is 9.37 Å². The highest BCUT2D eigenvalue weighted by Crippen LogP contribution is 2.27. The number of aromatic nitrogens is 1. The first-order valence-corrected chi connectivity index (χ1v) is 8.49. The Balaban J connectivity index is 1.96. The van der Waals surface area contributed by atoms with E-state index in [1.54, 1.807) is 0 Å². The summed E-state index contributed by atoms with van der Waals surface area (Å²) in [7, 11) is 0. The maximum Gasteiger partial charge on any atom is 0.251 e. The van der Waals surface area contributed by atoms with Gasteiger partial charge in [0.05, 0.1) is 12.1 Å². The summed E-state index contributed by atoms with van der Waals surface area (Å²) in [6.45, 7) is 5.58. The Morgan fingerprint density at radius 2 is 2.12 bits per heavy atom. The van der Waals surface area contributed by atoms with E-state index in [0.29, 0.717) is 6.42 Å². The Bertz CT molecular complexity index is 747. The highest BCUT2D eigenvalue weighted by molar-refractivity contribution is 7.09. The molecule has 5 nitrogen and oxygen atoms in total. The topological polar surface area (TPSA) is 71.1 Å². The molecule has 1 atom stereocenters. The van der Waals surface area contributed by atoms with Gasteiger partial charge in [-0.05, 0) is 38.5 Å². The smallest absolute Gasteiger partial charge is 0.251 e. The number of nitrogens with zero attached hydrogens (tertiary/aromatic N) is 1. The lowest BCUT2D eigenvalue weighted by atomic mass is 10.00. The van der Waals surface area contributed by atoms with Crippen molar-refractivity contribution in [1.29, 1.82) is 0 Å². The van der Waals surface area contributed by atoms with Crippen LogP contribution in [-0.4, -0.2) is 23.3 Å². The molecule has 2 amide bonds. The predicted molar refractivity (Wildman–Crippen MR) is 91.4 cm³/mol. The molecule has 2 N–H and O–H groups in total. The lowest BCUT2D eigenvalue weighted by Crippen LogP contribution is -2.47. The third-order valence-electron chi connectivity index (χ3n) is 3.71. The minimum atomic E-state index is -0.584. The summed E-state index contributed by atoms with van der Waals surface area (Å²) >= 11 is 1.49. The van der Waals surface area contributed by atoms with Gasteiger partial charge in [0.2, 0.25) is 5.91 Å². The lowest BCUT2D eigenvalue weighted by molar-refractivity contribution is -0.122. The van der Waals surface area contributed by atoms with E-state index in [4.69, 9.17) is 0 Å². The van der Waals surface area contributed by atoms with Crippen molar-refractivity contribution in [2.24, 2.45) is 0 Å². The zero-order chi connectivity index (χ0) is 17.7. The van der Waals surface area contributed by atoms with E-state index in [0.717, 1.165) is 16.8 Å². The van der Waals surface area contributed by atoms with E-state index in [2.05, 4.69) is 15.6 Å². The molecule has 0 spiro atoms. The Morgan fingerprint density at radius 3 is 2.71 bits per heavy atom. The van der Waals surface area contributed by atoms with Crippen LogP contribution in [0.5, 0.6) is 0 Å². The van der Waals surface area contributed by atoms with Gasteiger partial charge in [0, 0.05) is 16.6 Å². The fourth-order valence-corrected chi connectivity index (χ4v) is 3.13. The molecular formula is C17H20FN3O2S. The first-order valence-electron chi connectivity index (χ1n) is 7.61. The highest BCUT2D eigenvalue weighted by atomic mass is 32.1. The maximum atomic E-state index is 13.1. The molecule has 0 saturated carbocycles. The van der Waals surface area contributed by atoms with Crippen molar-refractivity contribution in [1.82, 2.24) is 15.6 Å². The zero-order valence-electron chi connectivity index (χ0n) is 13.9. The molecule has 0 saturated heterocycles. The fraction of sp³-hybridized carbons (Fsp3) is 0.353. The molecule has 0 bridgehead atoms. The van der Waals surface area contributed by atoms with Gasteiger partial charge in [-0.2, -0.15) is 0 Å². The van der Waals surface area contributed by atoms with Crippen LogP contribution in [-0.2, 0) is 10.3 Å². The maximum absolute atomic E-state index is 13.1. The minimum absolute atomic E-state index is 0.177. The minimum Gasteiger partial charge on any atom is -0.343 e. The SMILES string of the molecule is CC[C@@](C)(NC(=O)CNC(=O)c1cccc(F)c1)c1nc(C)cs1. The molecule has 1 aromatic carbocycles. The van der Waals surface area contributed by atoms with Crippen LogP contribution >= 0.6 is 11.3 Å². The molecule has 1 aromatic heterocycles. The van der Waals surface area contributed by atoms with Gasteiger partial charge in [-0.1, -0.05) is 13.0 Å². The molecule has 0 radical (unpaired) electrons. The van der Waals surface area contributed by atoms with Crippen molar-refractivity contribution in [2.45, 2.75) is 32.7 Å². The van der Waals surface area contributed by atoms with E-state index < -0.39 is 17.3 Å². The number of rotatable bonds is 6. The molecule has 7 heteroatoms. The summed E-state index contributed by atoms with van der Waals surface area (Å²) in [5.74, 6) is -1.31. The van der Waals surface area contributed by atoms with Crippen molar-refractivity contribution in [3.63, 3.8) is 0 Å². The highest BCUT2D eigenvalue weighted by Gasteiger charge is 2.29. The molecule has 0 aliphatic rings. The number of amides is 2. The van der Waals surface area contributed by atoms with Crippen LogP contribution in [0.15, 0.2) is 29.6 Å². The third-order valence-corrected chi connectivity index (χ3v) is 4.93. The van der Waals surface area contributed by atoms with E-state index in [1.807, 2.05) is 26.2 Å². The van der Waals surface area contributed by atoms with Crippen molar-refractivity contribution in [2.75, 3.05) is 6.54 Å². The molecule has 0 aliphatic carbocycles. The zero-order valence-corrected chi connectivity index (χ0v) is 14.7. The van der Waals surface area contributed by atoms with Gasteiger partial charge < -0.3 is 10.6 Å². The first-order chi connectivity index (χ1) is 11.3. The average Bonchev–Trinajstić information content (AvgIpc) is 2.99. The molecule has 0 fully saturated rings. The number of aryl methyl sites for hydroxylation is 1. The third kappa shape index (κ3) is 4.38. The largest absolute Gasteiger partial charge is 0.343 e. The van der Waals surface area contributed by atoms with Crippen LogP contribution in [0, 0.1) is 12.7 Å². The molecule has 1 heterocycles. The quantitative estimate of drug-likeness (QED) is 0.842.